The van der Waals surface area contributed by atoms with Crippen LogP contribution >= 0.6 is 23.2 Å². The van der Waals surface area contributed by atoms with Crippen LogP contribution in [0.25, 0.3) is 0 Å². The number of hydrogen-bond donors (Lipinski definition) is 2. The van der Waals surface area contributed by atoms with Crippen molar-refractivity contribution in [2.75, 3.05) is 18.4 Å². The molecule has 1 saturated heterocycles. The zero-order valence-electron chi connectivity index (χ0n) is 9.97. The molecule has 0 spiro atoms. The van der Waals surface area contributed by atoms with Gasteiger partial charge in [-0.3, -0.25) is 0 Å². The Balaban J connectivity index is 1.96. The predicted octanol–water partition coefficient (Wildman–Crippen LogP) is 3.79. The maximum atomic E-state index is 6.00. The Morgan fingerprint density at radius 3 is 2.59 bits per heavy atom. The number of halogens is 2. The molecule has 0 radical (unpaired) electrons. The van der Waals surface area contributed by atoms with Gasteiger partial charge in [-0.05, 0) is 57.0 Å². The highest BCUT2D eigenvalue weighted by Gasteiger charge is 2.19. The zero-order chi connectivity index (χ0) is 12.3. The average molecular weight is 273 g/mol. The highest BCUT2D eigenvalue weighted by Crippen LogP contribution is 2.27. The van der Waals surface area contributed by atoms with E-state index in [0.29, 0.717) is 16.1 Å². The van der Waals surface area contributed by atoms with Crippen molar-refractivity contribution < 1.29 is 0 Å². The van der Waals surface area contributed by atoms with Crippen molar-refractivity contribution in [3.63, 3.8) is 0 Å². The summed E-state index contributed by atoms with van der Waals surface area (Å²) >= 11 is 11.9. The number of rotatable bonds is 3. The highest BCUT2D eigenvalue weighted by atomic mass is 35.5. The fourth-order valence-electron chi connectivity index (χ4n) is 2.31. The second-order valence-electron chi connectivity index (χ2n) is 4.65. The van der Waals surface area contributed by atoms with E-state index in [-0.39, 0.29) is 0 Å². The molecule has 1 aliphatic heterocycles. The third-order valence-electron chi connectivity index (χ3n) is 3.40. The van der Waals surface area contributed by atoms with E-state index >= 15 is 0 Å². The zero-order valence-corrected chi connectivity index (χ0v) is 11.5. The summed E-state index contributed by atoms with van der Waals surface area (Å²) in [6.07, 6.45) is 2.46. The molecule has 1 atom stereocenters. The maximum Gasteiger partial charge on any atom is 0.0612 e. The molecule has 2 N–H and O–H groups in total. The van der Waals surface area contributed by atoms with Gasteiger partial charge in [-0.2, -0.15) is 0 Å². The molecule has 1 aliphatic rings. The van der Waals surface area contributed by atoms with Gasteiger partial charge < -0.3 is 10.6 Å². The normalized spacial score (nSPS) is 19.0. The number of anilines is 1. The fraction of sp³-hybridized carbons (Fsp3) is 0.538. The van der Waals surface area contributed by atoms with Crippen LogP contribution in [0.2, 0.25) is 10.0 Å². The molecular formula is C13H18Cl2N2. The number of nitrogens with one attached hydrogen (secondary N) is 2. The van der Waals surface area contributed by atoms with Crippen molar-refractivity contribution in [1.82, 2.24) is 5.32 Å². The van der Waals surface area contributed by atoms with E-state index in [2.05, 4.69) is 17.6 Å². The lowest BCUT2D eigenvalue weighted by molar-refractivity contribution is 0.343. The summed E-state index contributed by atoms with van der Waals surface area (Å²) in [7, 11) is 0. The lowest BCUT2D eigenvalue weighted by Gasteiger charge is -2.29. The van der Waals surface area contributed by atoms with E-state index in [4.69, 9.17) is 23.2 Å². The summed E-state index contributed by atoms with van der Waals surface area (Å²) in [5.74, 6) is 0.728. The SMILES string of the molecule is CC(Nc1ccc(Cl)c(Cl)c1)C1CCNCC1. The highest BCUT2D eigenvalue weighted by molar-refractivity contribution is 6.42. The number of piperidine rings is 1. The minimum atomic E-state index is 0.467. The predicted molar refractivity (Wildman–Crippen MR) is 75.1 cm³/mol. The smallest absolute Gasteiger partial charge is 0.0612 e. The van der Waals surface area contributed by atoms with E-state index in [1.807, 2.05) is 18.2 Å². The molecule has 2 rings (SSSR count). The Labute approximate surface area is 113 Å². The minimum Gasteiger partial charge on any atom is -0.382 e. The Morgan fingerprint density at radius 1 is 1.24 bits per heavy atom. The second kappa shape index (κ2) is 5.94. The largest absolute Gasteiger partial charge is 0.382 e. The van der Waals surface area contributed by atoms with Crippen LogP contribution in [0.15, 0.2) is 18.2 Å². The van der Waals surface area contributed by atoms with Crippen molar-refractivity contribution >= 4 is 28.9 Å². The summed E-state index contributed by atoms with van der Waals surface area (Å²) < 4.78 is 0. The van der Waals surface area contributed by atoms with Crippen LogP contribution in [0.1, 0.15) is 19.8 Å². The molecule has 1 fully saturated rings. The van der Waals surface area contributed by atoms with Crippen molar-refractivity contribution in [3.8, 4) is 0 Å². The molecule has 94 valence electrons. The monoisotopic (exact) mass is 272 g/mol. The summed E-state index contributed by atoms with van der Waals surface area (Å²) in [5, 5.41) is 8.10. The van der Waals surface area contributed by atoms with Crippen LogP contribution in [-0.4, -0.2) is 19.1 Å². The first kappa shape index (κ1) is 13.0. The summed E-state index contributed by atoms with van der Waals surface area (Å²) in [6, 6.07) is 6.17. The molecule has 0 aliphatic carbocycles. The van der Waals surface area contributed by atoms with Gasteiger partial charge in [0.1, 0.15) is 0 Å². The third-order valence-corrected chi connectivity index (χ3v) is 4.14. The molecule has 1 heterocycles. The Morgan fingerprint density at radius 2 is 1.94 bits per heavy atom. The molecule has 2 nitrogen and oxygen atoms in total. The molecule has 0 aromatic heterocycles. The van der Waals surface area contributed by atoms with E-state index in [1.54, 1.807) is 0 Å². The molecule has 1 aromatic carbocycles. The van der Waals surface area contributed by atoms with Gasteiger partial charge in [0.05, 0.1) is 10.0 Å². The second-order valence-corrected chi connectivity index (χ2v) is 5.46. The standard InChI is InChI=1S/C13H18Cl2N2/c1-9(10-4-6-16-7-5-10)17-11-2-3-12(14)13(15)8-11/h2-3,8-10,16-17H,4-7H2,1H3. The first-order valence-electron chi connectivity index (χ1n) is 6.09. The molecule has 1 aromatic rings. The maximum absolute atomic E-state index is 6.00. The molecule has 0 bridgehead atoms. The van der Waals surface area contributed by atoms with Gasteiger partial charge in [-0.15, -0.1) is 0 Å². The van der Waals surface area contributed by atoms with Gasteiger partial charge in [-0.25, -0.2) is 0 Å². The van der Waals surface area contributed by atoms with Crippen LogP contribution < -0.4 is 10.6 Å². The van der Waals surface area contributed by atoms with E-state index in [0.717, 1.165) is 24.7 Å². The van der Waals surface area contributed by atoms with Crippen molar-refractivity contribution in [2.45, 2.75) is 25.8 Å². The minimum absolute atomic E-state index is 0.467. The van der Waals surface area contributed by atoms with Gasteiger partial charge >= 0.3 is 0 Å². The molecule has 4 heteroatoms. The Bertz CT molecular complexity index is 376. The molecule has 1 unspecified atom stereocenters. The lowest BCUT2D eigenvalue weighted by atomic mass is 9.91. The van der Waals surface area contributed by atoms with Crippen LogP contribution in [-0.2, 0) is 0 Å². The van der Waals surface area contributed by atoms with Crippen molar-refractivity contribution in [3.05, 3.63) is 28.2 Å². The molecular weight excluding hydrogens is 255 g/mol. The van der Waals surface area contributed by atoms with Crippen LogP contribution in [0.5, 0.6) is 0 Å². The summed E-state index contributed by atoms with van der Waals surface area (Å²) in [6.45, 7) is 4.48. The summed E-state index contributed by atoms with van der Waals surface area (Å²) in [4.78, 5) is 0. The van der Waals surface area contributed by atoms with Gasteiger partial charge in [0.25, 0.3) is 0 Å². The first-order chi connectivity index (χ1) is 8.16. The lowest BCUT2D eigenvalue weighted by Crippen LogP contribution is -2.36. The molecule has 17 heavy (non-hydrogen) atoms. The van der Waals surface area contributed by atoms with Crippen molar-refractivity contribution in [1.29, 1.82) is 0 Å². The first-order valence-corrected chi connectivity index (χ1v) is 6.84. The Hall–Kier alpha value is -0.440. The van der Waals surface area contributed by atoms with E-state index < -0.39 is 0 Å². The fourth-order valence-corrected chi connectivity index (χ4v) is 2.61. The quantitative estimate of drug-likeness (QED) is 0.875. The summed E-state index contributed by atoms with van der Waals surface area (Å²) in [5.41, 5.74) is 1.05. The van der Waals surface area contributed by atoms with Gasteiger partial charge in [0, 0.05) is 11.7 Å². The average Bonchev–Trinajstić information content (AvgIpc) is 2.35. The van der Waals surface area contributed by atoms with E-state index in [1.165, 1.54) is 12.8 Å². The molecule has 0 amide bonds. The van der Waals surface area contributed by atoms with Gasteiger partial charge in [-0.1, -0.05) is 23.2 Å². The van der Waals surface area contributed by atoms with Gasteiger partial charge in [0.2, 0.25) is 0 Å². The van der Waals surface area contributed by atoms with Crippen LogP contribution in [0.3, 0.4) is 0 Å². The third kappa shape index (κ3) is 3.51. The van der Waals surface area contributed by atoms with Crippen LogP contribution in [0.4, 0.5) is 5.69 Å². The number of benzene rings is 1. The Kier molecular flexibility index (Phi) is 4.55. The number of hydrogen-bond acceptors (Lipinski definition) is 2. The molecule has 0 saturated carbocycles. The van der Waals surface area contributed by atoms with E-state index in [9.17, 15) is 0 Å². The topological polar surface area (TPSA) is 24.1 Å². The van der Waals surface area contributed by atoms with Crippen LogP contribution in [0, 0.1) is 5.92 Å². The van der Waals surface area contributed by atoms with Crippen molar-refractivity contribution in [2.24, 2.45) is 5.92 Å². The van der Waals surface area contributed by atoms with Gasteiger partial charge in [0.15, 0.2) is 0 Å².